The van der Waals surface area contributed by atoms with Gasteiger partial charge in [-0.3, -0.25) is 4.79 Å². The van der Waals surface area contributed by atoms with E-state index in [4.69, 9.17) is 9.47 Å². The topological polar surface area (TPSA) is 96.0 Å². The van der Waals surface area contributed by atoms with Crippen LogP contribution in [0, 0.1) is 0 Å². The summed E-state index contributed by atoms with van der Waals surface area (Å²) in [6, 6.07) is 4.43. The highest BCUT2D eigenvalue weighted by Crippen LogP contribution is 2.22. The lowest BCUT2D eigenvalue weighted by atomic mass is 10.2. The third-order valence-electron chi connectivity index (χ3n) is 2.85. The highest BCUT2D eigenvalue weighted by Gasteiger charge is 2.23. The molecule has 1 aromatic carbocycles. The first kappa shape index (κ1) is 20.6. The predicted octanol–water partition coefficient (Wildman–Crippen LogP) is 2.61. The van der Waals surface area contributed by atoms with Gasteiger partial charge in [0.2, 0.25) is 0 Å². The molecular formula is C17H17BrO7. The third kappa shape index (κ3) is 6.88. The van der Waals surface area contributed by atoms with Crippen molar-refractivity contribution in [2.75, 3.05) is 6.61 Å². The molecule has 0 aliphatic rings. The van der Waals surface area contributed by atoms with E-state index < -0.39 is 24.0 Å². The van der Waals surface area contributed by atoms with Crippen molar-refractivity contribution < 1.29 is 33.4 Å². The van der Waals surface area contributed by atoms with Crippen molar-refractivity contribution in [1.29, 1.82) is 0 Å². The van der Waals surface area contributed by atoms with Crippen LogP contribution in [0.2, 0.25) is 0 Å². The van der Waals surface area contributed by atoms with Crippen molar-refractivity contribution in [3.8, 4) is 5.75 Å². The summed E-state index contributed by atoms with van der Waals surface area (Å²) < 4.78 is 15.3. The molecule has 1 atom stereocenters. The van der Waals surface area contributed by atoms with Crippen LogP contribution < -0.4 is 4.74 Å². The Kier molecular flexibility index (Phi) is 8.55. The van der Waals surface area contributed by atoms with Crippen LogP contribution >= 0.6 is 15.9 Å². The monoisotopic (exact) mass is 412 g/mol. The van der Waals surface area contributed by atoms with Crippen LogP contribution in [0.3, 0.4) is 0 Å². The Bertz CT molecular complexity index is 682. The Morgan fingerprint density at radius 2 is 1.84 bits per heavy atom. The minimum absolute atomic E-state index is 0.145. The Balaban J connectivity index is 2.69. The van der Waals surface area contributed by atoms with Gasteiger partial charge in [0.05, 0.1) is 6.61 Å². The summed E-state index contributed by atoms with van der Waals surface area (Å²) in [6.45, 7) is 3.44. The minimum atomic E-state index is -1.15. The van der Waals surface area contributed by atoms with E-state index in [0.29, 0.717) is 16.3 Å². The Morgan fingerprint density at radius 3 is 2.44 bits per heavy atom. The molecule has 0 aliphatic carbocycles. The first-order valence-corrected chi connectivity index (χ1v) is 8.22. The zero-order valence-electron chi connectivity index (χ0n) is 13.7. The predicted molar refractivity (Wildman–Crippen MR) is 91.1 cm³/mol. The van der Waals surface area contributed by atoms with Gasteiger partial charge in [-0.1, -0.05) is 22.9 Å². The number of hydrogen-bond donors (Lipinski definition) is 0. The number of benzene rings is 1. The van der Waals surface area contributed by atoms with Gasteiger partial charge in [-0.25, -0.2) is 14.4 Å². The van der Waals surface area contributed by atoms with Crippen LogP contribution in [-0.4, -0.2) is 36.9 Å². The van der Waals surface area contributed by atoms with Gasteiger partial charge in [0.1, 0.15) is 5.75 Å². The highest BCUT2D eigenvalue weighted by atomic mass is 79.9. The fourth-order valence-electron chi connectivity index (χ4n) is 1.66. The molecule has 0 fully saturated rings. The summed E-state index contributed by atoms with van der Waals surface area (Å²) >= 11 is 3.19. The van der Waals surface area contributed by atoms with E-state index in [1.165, 1.54) is 12.1 Å². The number of carbonyl (C=O) groups excluding carboxylic acids is 4. The van der Waals surface area contributed by atoms with Crippen molar-refractivity contribution in [2.45, 2.75) is 26.4 Å². The molecule has 0 amide bonds. The molecular weight excluding hydrogens is 396 g/mol. The third-order valence-corrected chi connectivity index (χ3v) is 3.57. The van der Waals surface area contributed by atoms with E-state index in [9.17, 15) is 19.2 Å². The first-order chi connectivity index (χ1) is 11.9. The molecule has 0 heterocycles. The fraction of sp³-hybridized carbons (Fsp3) is 0.294. The van der Waals surface area contributed by atoms with E-state index in [-0.39, 0.29) is 18.8 Å². The SMILES string of the molecule is CCOC(=O)/C=C\C(=O)OC(CC)C(=O)Oc1ccc(Br)c(C=O)c1. The van der Waals surface area contributed by atoms with Crippen LogP contribution in [0.25, 0.3) is 0 Å². The fourth-order valence-corrected chi connectivity index (χ4v) is 2.00. The summed E-state index contributed by atoms with van der Waals surface area (Å²) in [6.07, 6.45) is 1.42. The second kappa shape index (κ2) is 10.4. The molecule has 1 rings (SSSR count). The Labute approximate surface area is 153 Å². The smallest absolute Gasteiger partial charge is 0.352 e. The van der Waals surface area contributed by atoms with Crippen LogP contribution in [0.1, 0.15) is 30.6 Å². The maximum absolute atomic E-state index is 12.1. The number of esters is 3. The zero-order valence-corrected chi connectivity index (χ0v) is 15.3. The molecule has 134 valence electrons. The molecule has 0 aliphatic heterocycles. The number of aldehydes is 1. The molecule has 0 saturated carbocycles. The normalized spacial score (nSPS) is 11.6. The van der Waals surface area contributed by atoms with E-state index in [1.807, 2.05) is 0 Å². The summed E-state index contributed by atoms with van der Waals surface area (Å²) in [5.74, 6) is -2.21. The molecule has 0 spiro atoms. The summed E-state index contributed by atoms with van der Waals surface area (Å²) in [4.78, 5) is 45.7. The van der Waals surface area contributed by atoms with Crippen molar-refractivity contribution in [3.05, 3.63) is 40.4 Å². The maximum Gasteiger partial charge on any atom is 0.352 e. The van der Waals surface area contributed by atoms with E-state index in [2.05, 4.69) is 20.7 Å². The van der Waals surface area contributed by atoms with Crippen LogP contribution in [0.4, 0.5) is 0 Å². The van der Waals surface area contributed by atoms with Crippen molar-refractivity contribution in [1.82, 2.24) is 0 Å². The van der Waals surface area contributed by atoms with E-state index in [0.717, 1.165) is 12.2 Å². The maximum atomic E-state index is 12.1. The summed E-state index contributed by atoms with van der Waals surface area (Å²) in [7, 11) is 0. The molecule has 0 radical (unpaired) electrons. The number of halogens is 1. The molecule has 0 bridgehead atoms. The van der Waals surface area contributed by atoms with E-state index in [1.54, 1.807) is 19.9 Å². The first-order valence-electron chi connectivity index (χ1n) is 7.43. The van der Waals surface area contributed by atoms with Crippen molar-refractivity contribution in [3.63, 3.8) is 0 Å². The van der Waals surface area contributed by atoms with Crippen LogP contribution in [-0.2, 0) is 23.9 Å². The number of hydrogen-bond acceptors (Lipinski definition) is 7. The molecule has 8 heteroatoms. The van der Waals surface area contributed by atoms with Gasteiger partial charge in [0.25, 0.3) is 0 Å². The van der Waals surface area contributed by atoms with Gasteiger partial charge in [-0.2, -0.15) is 0 Å². The largest absolute Gasteiger partial charge is 0.463 e. The van der Waals surface area contributed by atoms with Gasteiger partial charge < -0.3 is 14.2 Å². The van der Waals surface area contributed by atoms with Gasteiger partial charge in [0, 0.05) is 22.2 Å². The summed E-state index contributed by atoms with van der Waals surface area (Å²) in [5.41, 5.74) is 0.313. The molecule has 0 N–H and O–H groups in total. The molecule has 0 aromatic heterocycles. The number of rotatable bonds is 8. The standard InChI is InChI=1S/C17H17BrO7/c1-3-14(25-16(21)8-7-15(20)23-4-2)17(22)24-12-5-6-13(18)11(9-12)10-19/h5-10,14H,3-4H2,1-2H3/b8-7-. The molecule has 25 heavy (non-hydrogen) atoms. The van der Waals surface area contributed by atoms with Gasteiger partial charge >= 0.3 is 17.9 Å². The highest BCUT2D eigenvalue weighted by molar-refractivity contribution is 9.10. The quantitative estimate of drug-likeness (QED) is 0.280. The molecule has 1 unspecified atom stereocenters. The van der Waals surface area contributed by atoms with Crippen LogP contribution in [0.5, 0.6) is 5.75 Å². The average molecular weight is 413 g/mol. The second-order valence-corrected chi connectivity index (χ2v) is 5.50. The molecule has 1 aromatic rings. The lowest BCUT2D eigenvalue weighted by molar-refractivity contribution is -0.159. The van der Waals surface area contributed by atoms with Gasteiger partial charge in [-0.15, -0.1) is 0 Å². The van der Waals surface area contributed by atoms with E-state index >= 15 is 0 Å². The number of carbonyl (C=O) groups is 4. The number of ether oxygens (including phenoxy) is 3. The Hall–Kier alpha value is -2.48. The zero-order chi connectivity index (χ0) is 18.8. The summed E-state index contributed by atoms with van der Waals surface area (Å²) in [5, 5.41) is 0. The lowest BCUT2D eigenvalue weighted by Gasteiger charge is -2.14. The minimum Gasteiger partial charge on any atom is -0.463 e. The Morgan fingerprint density at radius 1 is 1.16 bits per heavy atom. The van der Waals surface area contributed by atoms with Gasteiger partial charge in [-0.05, 0) is 31.5 Å². The second-order valence-electron chi connectivity index (χ2n) is 4.64. The van der Waals surface area contributed by atoms with Crippen molar-refractivity contribution >= 4 is 40.1 Å². The lowest BCUT2D eigenvalue weighted by Crippen LogP contribution is -2.30. The molecule has 0 saturated heterocycles. The molecule has 7 nitrogen and oxygen atoms in total. The van der Waals surface area contributed by atoms with Crippen molar-refractivity contribution in [2.24, 2.45) is 0 Å². The van der Waals surface area contributed by atoms with Gasteiger partial charge in [0.15, 0.2) is 12.4 Å². The van der Waals surface area contributed by atoms with Crippen LogP contribution in [0.15, 0.2) is 34.8 Å². The average Bonchev–Trinajstić information content (AvgIpc) is 2.59.